The Morgan fingerprint density at radius 1 is 1.50 bits per heavy atom. The molecule has 1 aromatic rings. The molecule has 0 bridgehead atoms. The molecule has 0 aliphatic carbocycles. The predicted octanol–water partition coefficient (Wildman–Crippen LogP) is 2.74. The number of thioether (sulfide) groups is 1. The molecular formula is C9H8O2S. The Balaban J connectivity index is 2.43. The van der Waals surface area contributed by atoms with Crippen molar-refractivity contribution in [3.63, 3.8) is 0 Å². The maximum Gasteiger partial charge on any atom is 0.372 e. The highest BCUT2D eigenvalue weighted by Gasteiger charge is 2.16. The van der Waals surface area contributed by atoms with Gasteiger partial charge in [-0.2, -0.15) is 0 Å². The Kier molecular flexibility index (Phi) is 1.81. The fraction of sp³-hybridized carbons (Fsp3) is 0.222. The molecule has 1 aliphatic rings. The minimum absolute atomic E-state index is 0.202. The molecule has 0 amide bonds. The van der Waals surface area contributed by atoms with Gasteiger partial charge in [0.25, 0.3) is 0 Å². The Hall–Kier alpha value is -0.960. The highest BCUT2D eigenvalue weighted by molar-refractivity contribution is 8.13. The van der Waals surface area contributed by atoms with Crippen LogP contribution in [0, 0.1) is 6.92 Å². The summed E-state index contributed by atoms with van der Waals surface area (Å²) in [6.07, 6.45) is 0. The van der Waals surface area contributed by atoms with Crippen LogP contribution in [0.3, 0.4) is 0 Å². The van der Waals surface area contributed by atoms with Crippen LogP contribution in [-0.2, 0) is 11.3 Å². The Morgan fingerprint density at radius 2 is 2.33 bits per heavy atom. The molecule has 0 aromatic heterocycles. The lowest BCUT2D eigenvalue weighted by molar-refractivity contribution is 0.165. The zero-order chi connectivity index (χ0) is 8.55. The van der Waals surface area contributed by atoms with Crippen LogP contribution in [0.5, 0.6) is 0 Å². The molecule has 0 spiro atoms. The maximum absolute atomic E-state index is 10.9. The molecule has 0 radical (unpaired) electrons. The summed E-state index contributed by atoms with van der Waals surface area (Å²) in [6.45, 7) is 2.45. The molecule has 0 unspecified atom stereocenters. The van der Waals surface area contributed by atoms with Gasteiger partial charge in [-0.3, -0.25) is 0 Å². The van der Waals surface area contributed by atoms with Crippen molar-refractivity contribution in [1.82, 2.24) is 0 Å². The van der Waals surface area contributed by atoms with Gasteiger partial charge in [0, 0.05) is 10.5 Å². The van der Waals surface area contributed by atoms with Gasteiger partial charge in [-0.1, -0.05) is 17.7 Å². The van der Waals surface area contributed by atoms with E-state index >= 15 is 0 Å². The lowest BCUT2D eigenvalue weighted by Crippen LogP contribution is -2.05. The first-order valence-electron chi connectivity index (χ1n) is 3.70. The van der Waals surface area contributed by atoms with E-state index in [4.69, 9.17) is 4.74 Å². The Bertz CT molecular complexity index is 333. The van der Waals surface area contributed by atoms with Crippen molar-refractivity contribution in [1.29, 1.82) is 0 Å². The zero-order valence-corrected chi connectivity index (χ0v) is 7.48. The van der Waals surface area contributed by atoms with Crippen molar-refractivity contribution in [2.45, 2.75) is 18.4 Å². The summed E-state index contributed by atoms with van der Waals surface area (Å²) in [5.74, 6) is 0. The molecule has 2 nitrogen and oxygen atoms in total. The van der Waals surface area contributed by atoms with Crippen LogP contribution >= 0.6 is 11.8 Å². The number of rotatable bonds is 0. The second-order valence-corrected chi connectivity index (χ2v) is 3.73. The topological polar surface area (TPSA) is 26.3 Å². The highest BCUT2D eigenvalue weighted by Crippen LogP contribution is 2.30. The van der Waals surface area contributed by atoms with E-state index in [1.807, 2.05) is 19.1 Å². The number of hydrogen-bond donors (Lipinski definition) is 0. The van der Waals surface area contributed by atoms with Crippen molar-refractivity contribution in [2.24, 2.45) is 0 Å². The fourth-order valence-electron chi connectivity index (χ4n) is 1.18. The van der Waals surface area contributed by atoms with Gasteiger partial charge in [-0.05, 0) is 24.8 Å². The zero-order valence-electron chi connectivity index (χ0n) is 6.66. The molecule has 12 heavy (non-hydrogen) atoms. The largest absolute Gasteiger partial charge is 0.452 e. The van der Waals surface area contributed by atoms with E-state index < -0.39 is 0 Å². The molecule has 1 aromatic carbocycles. The summed E-state index contributed by atoms with van der Waals surface area (Å²) in [5, 5.41) is -0.202. The van der Waals surface area contributed by atoms with Crippen molar-refractivity contribution < 1.29 is 9.53 Å². The third-order valence-electron chi connectivity index (χ3n) is 1.75. The smallest absolute Gasteiger partial charge is 0.372 e. The van der Waals surface area contributed by atoms with E-state index in [1.165, 1.54) is 5.56 Å². The number of aryl methyl sites for hydroxylation is 1. The number of ether oxygens (including phenoxy) is 1. The molecule has 0 fully saturated rings. The Morgan fingerprint density at radius 3 is 3.17 bits per heavy atom. The van der Waals surface area contributed by atoms with E-state index in [2.05, 4.69) is 6.07 Å². The Labute approximate surface area is 74.9 Å². The summed E-state index contributed by atoms with van der Waals surface area (Å²) >= 11 is 1.16. The van der Waals surface area contributed by atoms with Crippen molar-refractivity contribution >= 4 is 17.1 Å². The summed E-state index contributed by atoms with van der Waals surface area (Å²) in [6, 6.07) is 6.02. The number of cyclic esters (lactones) is 1. The summed E-state index contributed by atoms with van der Waals surface area (Å²) in [4.78, 5) is 11.9. The summed E-state index contributed by atoms with van der Waals surface area (Å²) in [7, 11) is 0. The molecule has 0 saturated heterocycles. The minimum atomic E-state index is -0.202. The third kappa shape index (κ3) is 1.32. The monoisotopic (exact) mass is 180 g/mol. The molecule has 0 N–H and O–H groups in total. The van der Waals surface area contributed by atoms with Crippen LogP contribution in [0.25, 0.3) is 0 Å². The molecule has 3 heteroatoms. The second-order valence-electron chi connectivity index (χ2n) is 2.75. The average Bonchev–Trinajstić information content (AvgIpc) is 2.05. The van der Waals surface area contributed by atoms with Crippen LogP contribution in [0.2, 0.25) is 0 Å². The average molecular weight is 180 g/mol. The molecule has 0 saturated carbocycles. The van der Waals surface area contributed by atoms with E-state index in [-0.39, 0.29) is 5.30 Å². The van der Waals surface area contributed by atoms with Crippen LogP contribution in [0.1, 0.15) is 11.1 Å². The van der Waals surface area contributed by atoms with Crippen LogP contribution in [0.4, 0.5) is 4.79 Å². The molecular weight excluding hydrogens is 172 g/mol. The van der Waals surface area contributed by atoms with Gasteiger partial charge in [-0.25, -0.2) is 4.79 Å². The van der Waals surface area contributed by atoms with E-state index in [0.717, 1.165) is 22.2 Å². The first-order chi connectivity index (χ1) is 5.75. The number of benzene rings is 1. The van der Waals surface area contributed by atoms with Gasteiger partial charge in [0.1, 0.15) is 6.61 Å². The number of carbonyl (C=O) groups is 1. The lowest BCUT2D eigenvalue weighted by atomic mass is 10.1. The van der Waals surface area contributed by atoms with E-state index in [0.29, 0.717) is 6.61 Å². The van der Waals surface area contributed by atoms with Gasteiger partial charge in [0.05, 0.1) is 0 Å². The molecule has 2 rings (SSSR count). The van der Waals surface area contributed by atoms with Crippen LogP contribution < -0.4 is 0 Å². The molecule has 0 atom stereocenters. The molecule has 1 heterocycles. The van der Waals surface area contributed by atoms with Crippen molar-refractivity contribution in [3.05, 3.63) is 29.3 Å². The molecule has 1 aliphatic heterocycles. The standard InChI is InChI=1S/C9H8O2S/c1-6-2-3-8-7(4-6)5-11-9(10)12-8/h2-4H,5H2,1H3. The maximum atomic E-state index is 10.9. The predicted molar refractivity (Wildman–Crippen MR) is 47.2 cm³/mol. The number of hydrogen-bond acceptors (Lipinski definition) is 3. The first-order valence-corrected chi connectivity index (χ1v) is 4.51. The third-order valence-corrected chi connectivity index (χ3v) is 2.66. The highest BCUT2D eigenvalue weighted by atomic mass is 32.2. The van der Waals surface area contributed by atoms with Gasteiger partial charge in [0.2, 0.25) is 0 Å². The number of carbonyl (C=O) groups excluding carboxylic acids is 1. The van der Waals surface area contributed by atoms with Crippen LogP contribution in [0.15, 0.2) is 23.1 Å². The van der Waals surface area contributed by atoms with Crippen molar-refractivity contribution in [2.75, 3.05) is 0 Å². The SMILES string of the molecule is Cc1ccc2c(c1)COC(=O)S2. The second kappa shape index (κ2) is 2.83. The minimum Gasteiger partial charge on any atom is -0.452 e. The van der Waals surface area contributed by atoms with Gasteiger partial charge in [0.15, 0.2) is 0 Å². The van der Waals surface area contributed by atoms with E-state index in [9.17, 15) is 4.79 Å². The van der Waals surface area contributed by atoms with Gasteiger partial charge < -0.3 is 4.74 Å². The molecule has 62 valence electrons. The normalized spacial score (nSPS) is 15.2. The first kappa shape index (κ1) is 7.68. The lowest BCUT2D eigenvalue weighted by Gasteiger charge is -2.14. The quantitative estimate of drug-likeness (QED) is 0.574. The summed E-state index contributed by atoms with van der Waals surface area (Å²) in [5.41, 5.74) is 2.31. The van der Waals surface area contributed by atoms with Gasteiger partial charge >= 0.3 is 5.30 Å². The van der Waals surface area contributed by atoms with Crippen molar-refractivity contribution in [3.8, 4) is 0 Å². The fourth-order valence-corrected chi connectivity index (χ4v) is 1.86. The number of fused-ring (bicyclic) bond motifs is 1. The van der Waals surface area contributed by atoms with Crippen LogP contribution in [-0.4, -0.2) is 5.30 Å². The van der Waals surface area contributed by atoms with E-state index in [1.54, 1.807) is 0 Å². The summed E-state index contributed by atoms with van der Waals surface area (Å²) < 4.78 is 4.88. The van der Waals surface area contributed by atoms with Gasteiger partial charge in [-0.15, -0.1) is 0 Å².